The van der Waals surface area contributed by atoms with Gasteiger partial charge < -0.3 is 4.40 Å². The van der Waals surface area contributed by atoms with Gasteiger partial charge in [0, 0.05) is 17.3 Å². The molecule has 0 aliphatic rings. The van der Waals surface area contributed by atoms with Gasteiger partial charge >= 0.3 is 0 Å². The first-order chi connectivity index (χ1) is 11.0. The number of pyridine rings is 1. The highest BCUT2D eigenvalue weighted by Crippen LogP contribution is 2.38. The molecule has 0 saturated carbocycles. The van der Waals surface area contributed by atoms with E-state index in [0.29, 0.717) is 5.92 Å². The molecule has 0 spiro atoms. The average Bonchev–Trinajstić information content (AvgIpc) is 2.81. The third kappa shape index (κ3) is 3.15. The van der Waals surface area contributed by atoms with E-state index in [9.17, 15) is 4.39 Å². The number of hydrogen-bond acceptors (Lipinski definition) is 0. The normalized spacial score (nSPS) is 11.2. The smallest absolute Gasteiger partial charge is 0.123 e. The highest BCUT2D eigenvalue weighted by molar-refractivity contribution is 9.28. The van der Waals surface area contributed by atoms with Crippen molar-refractivity contribution < 1.29 is 4.39 Å². The molecule has 0 radical (unpaired) electrons. The molecule has 0 aliphatic carbocycles. The van der Waals surface area contributed by atoms with E-state index in [0.717, 1.165) is 20.2 Å². The van der Waals surface area contributed by atoms with Gasteiger partial charge in [-0.1, -0.05) is 19.9 Å². The zero-order chi connectivity index (χ0) is 16.6. The van der Waals surface area contributed by atoms with Crippen molar-refractivity contribution >= 4 is 43.5 Å². The summed E-state index contributed by atoms with van der Waals surface area (Å²) in [4.78, 5) is 0. The van der Waals surface area contributed by atoms with Crippen LogP contribution in [0.15, 0.2) is 52.1 Å². The summed E-state index contributed by atoms with van der Waals surface area (Å²) in [7, 11) is 0. The first-order valence-corrected chi connectivity index (χ1v) is 8.99. The van der Waals surface area contributed by atoms with E-state index < -0.39 is 0 Å². The van der Waals surface area contributed by atoms with Gasteiger partial charge in [0.05, 0.1) is 9.09 Å². The van der Waals surface area contributed by atoms with E-state index in [1.165, 1.54) is 23.2 Å². The standard InChI is InChI=1S/C19H16Br2FN/c1-12(2)18-15(11-17(20)21)19(13-6-8-14(22)9-7-13)23-10-4-3-5-16(18)23/h3-12H,1-2H3. The summed E-state index contributed by atoms with van der Waals surface area (Å²) < 4.78 is 16.4. The van der Waals surface area contributed by atoms with Crippen molar-refractivity contribution in [1.82, 2.24) is 4.40 Å². The summed E-state index contributed by atoms with van der Waals surface area (Å²) in [5.74, 6) is 0.143. The summed E-state index contributed by atoms with van der Waals surface area (Å²) in [5.41, 5.74) is 5.66. The van der Waals surface area contributed by atoms with Crippen molar-refractivity contribution in [2.75, 3.05) is 0 Å². The van der Waals surface area contributed by atoms with Gasteiger partial charge in [-0.2, -0.15) is 0 Å². The molecule has 0 saturated heterocycles. The largest absolute Gasteiger partial charge is 0.316 e. The molecule has 0 aliphatic heterocycles. The monoisotopic (exact) mass is 435 g/mol. The van der Waals surface area contributed by atoms with E-state index in [1.54, 1.807) is 0 Å². The van der Waals surface area contributed by atoms with Crippen LogP contribution in [0.4, 0.5) is 4.39 Å². The minimum Gasteiger partial charge on any atom is -0.316 e. The van der Waals surface area contributed by atoms with Crippen LogP contribution in [-0.2, 0) is 0 Å². The summed E-state index contributed by atoms with van der Waals surface area (Å²) in [5, 5.41) is 0. The Morgan fingerprint density at radius 1 is 1.09 bits per heavy atom. The van der Waals surface area contributed by atoms with Gasteiger partial charge in [-0.25, -0.2) is 4.39 Å². The Hall–Kier alpha value is -1.39. The van der Waals surface area contributed by atoms with Crippen molar-refractivity contribution in [2.24, 2.45) is 0 Å². The van der Waals surface area contributed by atoms with Crippen LogP contribution in [0.3, 0.4) is 0 Å². The number of halogens is 3. The Kier molecular flexibility index (Phi) is 4.74. The second-order valence-electron chi connectivity index (χ2n) is 5.73. The molecule has 0 amide bonds. The van der Waals surface area contributed by atoms with Crippen molar-refractivity contribution in [3.8, 4) is 11.3 Å². The molecular formula is C19H16Br2FN. The Labute approximate surface area is 152 Å². The first kappa shape index (κ1) is 16.5. The fraction of sp³-hybridized carbons (Fsp3) is 0.158. The van der Waals surface area contributed by atoms with Crippen LogP contribution in [-0.4, -0.2) is 4.40 Å². The van der Waals surface area contributed by atoms with Gasteiger partial charge in [0.25, 0.3) is 0 Å². The Morgan fingerprint density at radius 3 is 2.39 bits per heavy atom. The quantitative estimate of drug-likeness (QED) is 0.418. The van der Waals surface area contributed by atoms with Crippen molar-refractivity contribution in [3.63, 3.8) is 0 Å². The summed E-state index contributed by atoms with van der Waals surface area (Å²) >= 11 is 6.96. The molecule has 0 atom stereocenters. The maximum atomic E-state index is 13.3. The summed E-state index contributed by atoms with van der Waals surface area (Å²) in [6.45, 7) is 4.38. The maximum absolute atomic E-state index is 13.3. The second kappa shape index (κ2) is 6.62. The minimum absolute atomic E-state index is 0.225. The van der Waals surface area contributed by atoms with E-state index in [-0.39, 0.29) is 5.82 Å². The van der Waals surface area contributed by atoms with Crippen LogP contribution < -0.4 is 0 Å². The molecule has 118 valence electrons. The number of fused-ring (bicyclic) bond motifs is 1. The predicted molar refractivity (Wildman–Crippen MR) is 103 cm³/mol. The lowest BCUT2D eigenvalue weighted by molar-refractivity contribution is 0.628. The molecule has 0 unspecified atom stereocenters. The third-order valence-corrected chi connectivity index (χ3v) is 4.33. The molecule has 23 heavy (non-hydrogen) atoms. The van der Waals surface area contributed by atoms with Crippen LogP contribution in [0.1, 0.15) is 30.9 Å². The van der Waals surface area contributed by atoms with Gasteiger partial charge in [-0.15, -0.1) is 0 Å². The molecule has 1 aromatic carbocycles. The topological polar surface area (TPSA) is 4.41 Å². The van der Waals surface area contributed by atoms with E-state index in [4.69, 9.17) is 0 Å². The van der Waals surface area contributed by atoms with E-state index in [1.807, 2.05) is 24.3 Å². The first-order valence-electron chi connectivity index (χ1n) is 7.40. The number of hydrogen-bond donors (Lipinski definition) is 0. The fourth-order valence-electron chi connectivity index (χ4n) is 3.02. The molecule has 0 fully saturated rings. The highest BCUT2D eigenvalue weighted by atomic mass is 79.9. The Balaban J connectivity index is 2.43. The van der Waals surface area contributed by atoms with Crippen LogP contribution >= 0.6 is 31.9 Å². The van der Waals surface area contributed by atoms with Gasteiger partial charge in [-0.3, -0.25) is 0 Å². The number of benzene rings is 1. The van der Waals surface area contributed by atoms with Gasteiger partial charge in [0.2, 0.25) is 0 Å². The highest BCUT2D eigenvalue weighted by Gasteiger charge is 2.20. The fourth-order valence-corrected chi connectivity index (χ4v) is 3.48. The summed E-state index contributed by atoms with van der Waals surface area (Å²) in [6.07, 6.45) is 4.13. The van der Waals surface area contributed by atoms with E-state index >= 15 is 0 Å². The lowest BCUT2D eigenvalue weighted by Crippen LogP contribution is -1.89. The Morgan fingerprint density at radius 2 is 1.78 bits per heavy atom. The zero-order valence-corrected chi connectivity index (χ0v) is 16.0. The molecular weight excluding hydrogens is 421 g/mol. The van der Waals surface area contributed by atoms with Gasteiger partial charge in [0.15, 0.2) is 0 Å². The molecule has 1 nitrogen and oxygen atoms in total. The second-order valence-corrected chi connectivity index (χ2v) is 8.50. The Bertz CT molecular complexity index is 872. The SMILES string of the molecule is CC(C)c1c(C=C(Br)Br)c(-c2ccc(F)cc2)n2ccccc12. The minimum atomic E-state index is -0.225. The molecule has 0 N–H and O–H groups in total. The average molecular weight is 437 g/mol. The van der Waals surface area contributed by atoms with Crippen LogP contribution in [0.25, 0.3) is 22.9 Å². The van der Waals surface area contributed by atoms with Gasteiger partial charge in [-0.05, 0) is 91.4 Å². The molecule has 0 bridgehead atoms. The number of nitrogens with zero attached hydrogens (tertiary/aromatic N) is 1. The van der Waals surface area contributed by atoms with Gasteiger partial charge in [0.1, 0.15) is 5.82 Å². The zero-order valence-electron chi connectivity index (χ0n) is 12.9. The lowest BCUT2D eigenvalue weighted by atomic mass is 9.96. The van der Waals surface area contributed by atoms with Crippen molar-refractivity contribution in [2.45, 2.75) is 19.8 Å². The van der Waals surface area contributed by atoms with E-state index in [2.05, 4.69) is 68.4 Å². The number of aromatic nitrogens is 1. The lowest BCUT2D eigenvalue weighted by Gasteiger charge is -2.07. The molecule has 4 heteroatoms. The summed E-state index contributed by atoms with van der Waals surface area (Å²) in [6, 6.07) is 12.9. The van der Waals surface area contributed by atoms with Crippen molar-refractivity contribution in [1.29, 1.82) is 0 Å². The molecule has 2 aromatic heterocycles. The molecule has 3 aromatic rings. The van der Waals surface area contributed by atoms with Crippen LogP contribution in [0.2, 0.25) is 0 Å². The number of rotatable bonds is 3. The van der Waals surface area contributed by atoms with Crippen molar-refractivity contribution in [3.05, 3.63) is 69.0 Å². The third-order valence-electron chi connectivity index (χ3n) is 3.87. The molecule has 3 rings (SSSR count). The van der Waals surface area contributed by atoms with Crippen LogP contribution in [0, 0.1) is 5.82 Å². The maximum Gasteiger partial charge on any atom is 0.123 e. The molecule has 2 heterocycles. The van der Waals surface area contributed by atoms with Crippen LogP contribution in [0.5, 0.6) is 0 Å². The predicted octanol–water partition coefficient (Wildman–Crippen LogP) is 6.96.